The van der Waals surface area contributed by atoms with Crippen molar-refractivity contribution in [1.29, 1.82) is 0 Å². The van der Waals surface area contributed by atoms with Crippen LogP contribution in [-0.4, -0.2) is 60.3 Å². The molecule has 1 N–H and O–H groups in total. The second-order valence-electron chi connectivity index (χ2n) is 6.68. The van der Waals surface area contributed by atoms with Crippen LogP contribution in [0.25, 0.3) is 0 Å². The highest BCUT2D eigenvalue weighted by atomic mass is 16.3. The van der Waals surface area contributed by atoms with Crippen LogP contribution in [0.3, 0.4) is 0 Å². The number of rotatable bonds is 4. The zero-order chi connectivity index (χ0) is 14.6. The van der Waals surface area contributed by atoms with Crippen LogP contribution >= 0.6 is 0 Å². The topological polar surface area (TPSA) is 26.7 Å². The van der Waals surface area contributed by atoms with Crippen molar-refractivity contribution in [3.8, 4) is 0 Å². The molecule has 3 unspecified atom stereocenters. The normalized spacial score (nSPS) is 37.8. The molecule has 3 nitrogen and oxygen atoms in total. The lowest BCUT2D eigenvalue weighted by Gasteiger charge is -2.42. The molecule has 0 aromatic rings. The Hall–Kier alpha value is -0.120. The van der Waals surface area contributed by atoms with Crippen LogP contribution < -0.4 is 0 Å². The summed E-state index contributed by atoms with van der Waals surface area (Å²) >= 11 is 0. The number of fused-ring (bicyclic) bond motifs is 1. The summed E-state index contributed by atoms with van der Waals surface area (Å²) in [5.41, 5.74) is 0.760. The van der Waals surface area contributed by atoms with Gasteiger partial charge >= 0.3 is 0 Å². The Balaban J connectivity index is 0.000000704. The minimum atomic E-state index is 0.314. The highest BCUT2D eigenvalue weighted by Gasteiger charge is 2.55. The number of β-amino-alcohol motifs (C(OH)–C–C–N with tert-alkyl or cyclic N) is 1. The smallest absolute Gasteiger partial charge is 0.0558 e. The number of hydrogen-bond acceptors (Lipinski definition) is 3. The fraction of sp³-hybridized carbons (Fsp3) is 1.00. The minimum Gasteiger partial charge on any atom is -0.395 e. The Morgan fingerprint density at radius 1 is 1.20 bits per heavy atom. The summed E-state index contributed by atoms with van der Waals surface area (Å²) in [7, 11) is 0. The third kappa shape index (κ3) is 3.37. The summed E-state index contributed by atoms with van der Waals surface area (Å²) in [6, 6.07) is 0.765. The molecule has 0 bridgehead atoms. The molecule has 0 spiro atoms. The lowest BCUT2D eigenvalue weighted by atomic mass is 9.91. The van der Waals surface area contributed by atoms with Crippen molar-refractivity contribution in [2.24, 2.45) is 11.3 Å². The average Bonchev–Trinajstić information content (AvgIpc) is 3.24. The number of nitrogens with zero attached hydrogens (tertiary/aromatic N) is 2. The number of aliphatic hydroxyl groups excluding tert-OH is 1. The van der Waals surface area contributed by atoms with Crippen molar-refractivity contribution >= 4 is 0 Å². The predicted octanol–water partition coefficient (Wildman–Crippen LogP) is 2.59. The molecule has 3 aliphatic rings. The van der Waals surface area contributed by atoms with E-state index in [0.29, 0.717) is 6.61 Å². The van der Waals surface area contributed by atoms with Crippen LogP contribution in [0, 0.1) is 11.3 Å². The Kier molecular flexibility index (Phi) is 5.88. The first-order valence-electron chi connectivity index (χ1n) is 8.85. The van der Waals surface area contributed by atoms with Gasteiger partial charge < -0.3 is 5.11 Å². The highest BCUT2D eigenvalue weighted by molar-refractivity contribution is 5.06. The maximum atomic E-state index is 9.07. The van der Waals surface area contributed by atoms with Gasteiger partial charge in [0.25, 0.3) is 0 Å². The predicted molar refractivity (Wildman–Crippen MR) is 84.9 cm³/mol. The van der Waals surface area contributed by atoms with E-state index in [2.05, 4.69) is 16.7 Å². The van der Waals surface area contributed by atoms with Gasteiger partial charge in [0.15, 0.2) is 0 Å². The summed E-state index contributed by atoms with van der Waals surface area (Å²) in [6.07, 6.45) is 7.00. The molecule has 2 aliphatic heterocycles. The van der Waals surface area contributed by atoms with Crippen LogP contribution in [0.5, 0.6) is 0 Å². The lowest BCUT2D eigenvalue weighted by molar-refractivity contribution is 0.0588. The maximum Gasteiger partial charge on any atom is 0.0558 e. The second-order valence-corrected chi connectivity index (χ2v) is 6.68. The molecule has 3 atom stereocenters. The van der Waals surface area contributed by atoms with Gasteiger partial charge in [0.1, 0.15) is 0 Å². The third-order valence-corrected chi connectivity index (χ3v) is 5.83. The van der Waals surface area contributed by atoms with E-state index in [4.69, 9.17) is 5.11 Å². The van der Waals surface area contributed by atoms with E-state index in [1.165, 1.54) is 58.3 Å². The van der Waals surface area contributed by atoms with Crippen molar-refractivity contribution in [2.75, 3.05) is 39.3 Å². The zero-order valence-corrected chi connectivity index (χ0v) is 13.8. The van der Waals surface area contributed by atoms with Gasteiger partial charge in [-0.1, -0.05) is 27.2 Å². The van der Waals surface area contributed by atoms with Crippen molar-refractivity contribution < 1.29 is 5.11 Å². The van der Waals surface area contributed by atoms with Crippen molar-refractivity contribution in [3.63, 3.8) is 0 Å². The van der Waals surface area contributed by atoms with Gasteiger partial charge in [-0.15, -0.1) is 0 Å². The lowest BCUT2D eigenvalue weighted by Crippen LogP contribution is -2.51. The SMILES string of the molecule is CC.CCC12CCN(C3CCCN(CCO)C3)CC1C2. The fourth-order valence-electron chi connectivity index (χ4n) is 4.35. The average molecular weight is 282 g/mol. The summed E-state index contributed by atoms with van der Waals surface area (Å²) in [4.78, 5) is 5.21. The number of piperidine rings is 2. The number of hydrogen-bond donors (Lipinski definition) is 1. The first kappa shape index (κ1) is 16.3. The van der Waals surface area contributed by atoms with E-state index in [1.807, 2.05) is 13.8 Å². The van der Waals surface area contributed by atoms with Gasteiger partial charge in [0.05, 0.1) is 6.61 Å². The molecule has 118 valence electrons. The molecule has 0 radical (unpaired) electrons. The molecule has 2 heterocycles. The van der Waals surface area contributed by atoms with Crippen LogP contribution in [0.1, 0.15) is 52.9 Å². The molecule has 1 aliphatic carbocycles. The van der Waals surface area contributed by atoms with Crippen molar-refractivity contribution in [3.05, 3.63) is 0 Å². The van der Waals surface area contributed by atoms with Gasteiger partial charge in [-0.25, -0.2) is 0 Å². The molecular weight excluding hydrogens is 248 g/mol. The van der Waals surface area contributed by atoms with Crippen molar-refractivity contribution in [1.82, 2.24) is 9.80 Å². The van der Waals surface area contributed by atoms with Crippen molar-refractivity contribution in [2.45, 2.75) is 58.9 Å². The van der Waals surface area contributed by atoms with E-state index in [-0.39, 0.29) is 0 Å². The quantitative estimate of drug-likeness (QED) is 0.858. The summed E-state index contributed by atoms with van der Waals surface area (Å²) < 4.78 is 0. The van der Waals surface area contributed by atoms with Gasteiger partial charge in [0.2, 0.25) is 0 Å². The minimum absolute atomic E-state index is 0.314. The first-order chi connectivity index (χ1) is 9.77. The monoisotopic (exact) mass is 282 g/mol. The van der Waals surface area contributed by atoms with E-state index in [1.54, 1.807) is 0 Å². The third-order valence-electron chi connectivity index (χ3n) is 5.83. The molecule has 3 rings (SSSR count). The molecular formula is C17H34N2O. The highest BCUT2D eigenvalue weighted by Crippen LogP contribution is 2.60. The standard InChI is InChI=1S/C15H28N2O.C2H6/c1-2-15-5-7-17(11-13(15)10-15)14-4-3-6-16(12-14)8-9-18;1-2/h13-14,18H,2-12H2,1H3;1-2H3. The Morgan fingerprint density at radius 2 is 2.00 bits per heavy atom. The largest absolute Gasteiger partial charge is 0.395 e. The van der Waals surface area contributed by atoms with Crippen LogP contribution in [0.15, 0.2) is 0 Å². The zero-order valence-electron chi connectivity index (χ0n) is 13.8. The fourth-order valence-corrected chi connectivity index (χ4v) is 4.35. The molecule has 0 aromatic heterocycles. The van der Waals surface area contributed by atoms with Gasteiger partial charge in [-0.3, -0.25) is 9.80 Å². The van der Waals surface area contributed by atoms with Crippen LogP contribution in [0.2, 0.25) is 0 Å². The summed E-state index contributed by atoms with van der Waals surface area (Å²) in [5.74, 6) is 1.00. The molecule has 20 heavy (non-hydrogen) atoms. The van der Waals surface area contributed by atoms with Gasteiger partial charge in [-0.05, 0) is 50.1 Å². The van der Waals surface area contributed by atoms with Gasteiger partial charge in [-0.2, -0.15) is 0 Å². The maximum absolute atomic E-state index is 9.07. The Labute approximate surface area is 125 Å². The molecule has 0 aromatic carbocycles. The van der Waals surface area contributed by atoms with E-state index in [9.17, 15) is 0 Å². The first-order valence-corrected chi connectivity index (χ1v) is 8.85. The Morgan fingerprint density at radius 3 is 2.65 bits per heavy atom. The summed E-state index contributed by atoms with van der Waals surface area (Å²) in [6.45, 7) is 12.6. The van der Waals surface area contributed by atoms with Crippen LogP contribution in [0.4, 0.5) is 0 Å². The van der Waals surface area contributed by atoms with E-state index < -0.39 is 0 Å². The van der Waals surface area contributed by atoms with E-state index in [0.717, 1.165) is 23.9 Å². The summed E-state index contributed by atoms with van der Waals surface area (Å²) in [5, 5.41) is 9.07. The molecule has 3 heteroatoms. The Bertz CT molecular complexity index is 291. The molecule has 1 saturated carbocycles. The molecule has 3 fully saturated rings. The van der Waals surface area contributed by atoms with Crippen LogP contribution in [-0.2, 0) is 0 Å². The second kappa shape index (κ2) is 7.24. The molecule has 2 saturated heterocycles. The number of likely N-dealkylation sites (tertiary alicyclic amines) is 2. The molecule has 0 amide bonds. The van der Waals surface area contributed by atoms with Gasteiger partial charge in [0, 0.05) is 25.7 Å². The number of aliphatic hydroxyl groups is 1. The van der Waals surface area contributed by atoms with E-state index >= 15 is 0 Å².